The number of benzene rings is 1. The van der Waals surface area contributed by atoms with Crippen LogP contribution in [-0.2, 0) is 5.97 Å². The maximum absolute atomic E-state index is 13.6. The van der Waals surface area contributed by atoms with Gasteiger partial charge in [-0.3, -0.25) is 14.5 Å². The molecule has 0 aliphatic heterocycles. The van der Waals surface area contributed by atoms with E-state index in [1.165, 1.54) is 18.3 Å². The fraction of sp³-hybridized carbons (Fsp3) is 0.211. The minimum Gasteiger partial charge on any atom is -0.507 e. The molecular weight excluding hydrogens is 369 g/mol. The number of aldehydes is 1. The Morgan fingerprint density at radius 2 is 2.00 bits per heavy atom. The molecule has 3 rings (SSSR count). The Morgan fingerprint density at radius 1 is 1.25 bits per heavy atom. The highest BCUT2D eigenvalue weighted by Crippen LogP contribution is 2.35. The summed E-state index contributed by atoms with van der Waals surface area (Å²) < 4.78 is 20.4. The van der Waals surface area contributed by atoms with E-state index in [-0.39, 0.29) is 23.6 Å². The first kappa shape index (κ1) is 19.5. The Labute approximate surface area is 159 Å². The second-order valence-corrected chi connectivity index (χ2v) is 6.32. The molecule has 0 saturated carbocycles. The number of rotatable bonds is 6. The molecule has 9 heteroatoms. The van der Waals surface area contributed by atoms with Crippen LogP contribution < -0.4 is 4.74 Å². The molecule has 2 heterocycles. The van der Waals surface area contributed by atoms with Crippen LogP contribution in [0.15, 0.2) is 42.7 Å². The molecule has 0 unspecified atom stereocenters. The summed E-state index contributed by atoms with van der Waals surface area (Å²) in [5, 5.41) is 35.1. The van der Waals surface area contributed by atoms with Crippen LogP contribution in [0.25, 0.3) is 11.4 Å². The lowest BCUT2D eigenvalue weighted by Gasteiger charge is -2.26. The van der Waals surface area contributed by atoms with Crippen LogP contribution in [0.5, 0.6) is 11.5 Å². The summed E-state index contributed by atoms with van der Waals surface area (Å²) in [6, 6.07) is 5.91. The van der Waals surface area contributed by atoms with Gasteiger partial charge in [-0.25, -0.2) is 4.39 Å². The summed E-state index contributed by atoms with van der Waals surface area (Å²) >= 11 is 0. The highest BCUT2D eigenvalue weighted by atomic mass is 19.1. The first-order valence-electron chi connectivity index (χ1n) is 8.35. The predicted molar refractivity (Wildman–Crippen MR) is 96.0 cm³/mol. The molecule has 0 saturated heterocycles. The molecular formula is C19H18FN3O5. The average Bonchev–Trinajstić information content (AvgIpc) is 3.11. The molecule has 0 bridgehead atoms. The summed E-state index contributed by atoms with van der Waals surface area (Å²) in [4.78, 5) is 15.4. The van der Waals surface area contributed by atoms with E-state index in [1.54, 1.807) is 16.9 Å². The lowest BCUT2D eigenvalue weighted by Crippen LogP contribution is -2.34. The number of hydrogen-bond donors (Lipinski definition) is 3. The standard InChI is InChI=1S/C19H18FN3O5/c1-11(2)23-15(5-7-22-23)18-14(4-3-6-21-18)19(26,27)28-17-9-12(20)8-16(25)13(17)10-24/h3-11,25-27H,1-2H3. The number of ether oxygens (including phenoxy) is 1. The number of hydrogen-bond acceptors (Lipinski definition) is 7. The summed E-state index contributed by atoms with van der Waals surface area (Å²) in [7, 11) is 0. The van der Waals surface area contributed by atoms with Crippen LogP contribution in [-0.4, -0.2) is 36.4 Å². The summed E-state index contributed by atoms with van der Waals surface area (Å²) in [5.74, 6) is -5.12. The lowest BCUT2D eigenvalue weighted by molar-refractivity contribution is -0.304. The van der Waals surface area contributed by atoms with Gasteiger partial charge in [0.1, 0.15) is 23.0 Å². The highest BCUT2D eigenvalue weighted by Gasteiger charge is 2.35. The van der Waals surface area contributed by atoms with Crippen LogP contribution in [0.1, 0.15) is 35.8 Å². The van der Waals surface area contributed by atoms with Crippen molar-refractivity contribution in [2.45, 2.75) is 25.9 Å². The molecule has 0 fully saturated rings. The number of halogens is 1. The van der Waals surface area contributed by atoms with E-state index in [0.717, 1.165) is 6.07 Å². The Kier molecular flexibility index (Phi) is 5.12. The third kappa shape index (κ3) is 3.57. The van der Waals surface area contributed by atoms with Crippen molar-refractivity contribution in [2.75, 3.05) is 0 Å². The number of phenolic OH excluding ortho intramolecular Hbond substituents is 1. The minimum atomic E-state index is -2.98. The van der Waals surface area contributed by atoms with Gasteiger partial charge in [-0.15, -0.1) is 0 Å². The van der Waals surface area contributed by atoms with E-state index in [4.69, 9.17) is 4.74 Å². The molecule has 0 aliphatic carbocycles. The number of aliphatic hydroxyl groups is 2. The van der Waals surface area contributed by atoms with Gasteiger partial charge in [0.15, 0.2) is 6.29 Å². The second kappa shape index (κ2) is 7.37. The first-order valence-corrected chi connectivity index (χ1v) is 8.35. The minimum absolute atomic E-state index is 0.0330. The molecule has 1 aromatic carbocycles. The normalized spacial score (nSPS) is 11.6. The highest BCUT2D eigenvalue weighted by molar-refractivity contribution is 5.83. The number of aromatic nitrogens is 3. The van der Waals surface area contributed by atoms with Crippen LogP contribution >= 0.6 is 0 Å². The van der Waals surface area contributed by atoms with Crippen molar-refractivity contribution in [3.63, 3.8) is 0 Å². The van der Waals surface area contributed by atoms with Crippen molar-refractivity contribution < 1.29 is 29.2 Å². The Hall–Kier alpha value is -3.30. The van der Waals surface area contributed by atoms with Crippen LogP contribution in [0.3, 0.4) is 0 Å². The molecule has 2 aromatic heterocycles. The van der Waals surface area contributed by atoms with Gasteiger partial charge in [0.2, 0.25) is 0 Å². The Balaban J connectivity index is 2.10. The number of carbonyl (C=O) groups excluding carboxylic acids is 1. The number of carbonyl (C=O) groups is 1. The van der Waals surface area contributed by atoms with Crippen molar-refractivity contribution in [2.24, 2.45) is 0 Å². The zero-order valence-corrected chi connectivity index (χ0v) is 15.1. The van der Waals surface area contributed by atoms with E-state index >= 15 is 0 Å². The van der Waals surface area contributed by atoms with E-state index in [0.29, 0.717) is 11.8 Å². The van der Waals surface area contributed by atoms with Crippen molar-refractivity contribution in [3.8, 4) is 22.9 Å². The monoisotopic (exact) mass is 387 g/mol. The molecule has 0 atom stereocenters. The molecule has 0 radical (unpaired) electrons. The number of aromatic hydroxyl groups is 1. The predicted octanol–water partition coefficient (Wildman–Crippen LogP) is 2.36. The smallest absolute Gasteiger partial charge is 0.353 e. The van der Waals surface area contributed by atoms with Gasteiger partial charge in [-0.2, -0.15) is 5.10 Å². The van der Waals surface area contributed by atoms with Gasteiger partial charge in [0.25, 0.3) is 0 Å². The topological polar surface area (TPSA) is 118 Å². The molecule has 0 amide bonds. The average molecular weight is 387 g/mol. The van der Waals surface area contributed by atoms with Crippen molar-refractivity contribution in [1.29, 1.82) is 0 Å². The van der Waals surface area contributed by atoms with Crippen molar-refractivity contribution in [3.05, 3.63) is 59.7 Å². The van der Waals surface area contributed by atoms with Crippen molar-refractivity contribution >= 4 is 6.29 Å². The molecule has 146 valence electrons. The van der Waals surface area contributed by atoms with E-state index in [2.05, 4.69) is 10.1 Å². The summed E-state index contributed by atoms with van der Waals surface area (Å²) in [5.41, 5.74) is 0.0934. The van der Waals surface area contributed by atoms with Gasteiger partial charge in [0.05, 0.1) is 16.8 Å². The Morgan fingerprint density at radius 3 is 2.68 bits per heavy atom. The zero-order chi connectivity index (χ0) is 20.5. The molecule has 3 N–H and O–H groups in total. The lowest BCUT2D eigenvalue weighted by atomic mass is 10.1. The van der Waals surface area contributed by atoms with Crippen LogP contribution in [0.4, 0.5) is 4.39 Å². The van der Waals surface area contributed by atoms with E-state index in [9.17, 15) is 24.5 Å². The summed E-state index contributed by atoms with van der Waals surface area (Å²) in [6.45, 7) is 3.79. The second-order valence-electron chi connectivity index (χ2n) is 6.32. The van der Waals surface area contributed by atoms with E-state index < -0.39 is 28.9 Å². The number of pyridine rings is 1. The van der Waals surface area contributed by atoms with E-state index in [1.807, 2.05) is 13.8 Å². The molecule has 8 nitrogen and oxygen atoms in total. The summed E-state index contributed by atoms with van der Waals surface area (Å²) in [6.07, 6.45) is 3.22. The molecule has 3 aromatic rings. The third-order valence-corrected chi connectivity index (χ3v) is 4.02. The zero-order valence-electron chi connectivity index (χ0n) is 15.1. The molecule has 0 spiro atoms. The SMILES string of the molecule is CC(C)n1nccc1-c1ncccc1C(O)(O)Oc1cc(F)cc(O)c1C=O. The van der Waals surface area contributed by atoms with Gasteiger partial charge in [-0.1, -0.05) is 0 Å². The molecule has 28 heavy (non-hydrogen) atoms. The number of nitrogens with zero attached hydrogens (tertiary/aromatic N) is 3. The third-order valence-electron chi connectivity index (χ3n) is 4.02. The maximum atomic E-state index is 13.6. The number of phenols is 1. The van der Waals surface area contributed by atoms with Crippen molar-refractivity contribution in [1.82, 2.24) is 14.8 Å². The van der Waals surface area contributed by atoms with Crippen LogP contribution in [0, 0.1) is 5.82 Å². The quantitative estimate of drug-likeness (QED) is 0.439. The largest absolute Gasteiger partial charge is 0.507 e. The van der Waals surface area contributed by atoms with Gasteiger partial charge >= 0.3 is 5.97 Å². The first-order chi connectivity index (χ1) is 13.2. The fourth-order valence-electron chi connectivity index (χ4n) is 2.78. The molecule has 0 aliphatic rings. The van der Waals surface area contributed by atoms with Gasteiger partial charge in [-0.05, 0) is 32.0 Å². The fourth-order valence-corrected chi connectivity index (χ4v) is 2.78. The maximum Gasteiger partial charge on any atom is 0.353 e. The van der Waals surface area contributed by atoms with Gasteiger partial charge in [0, 0.05) is 30.6 Å². The Bertz CT molecular complexity index is 1020. The van der Waals surface area contributed by atoms with Crippen LogP contribution in [0.2, 0.25) is 0 Å². The van der Waals surface area contributed by atoms with Gasteiger partial charge < -0.3 is 20.1 Å².